The highest BCUT2D eigenvalue weighted by Crippen LogP contribution is 2.31. The number of nitrogens with zero attached hydrogens (tertiary/aromatic N) is 1. The Morgan fingerprint density at radius 2 is 1.50 bits per heavy atom. The number of benzene rings is 2. The van der Waals surface area contributed by atoms with Crippen LogP contribution in [0.15, 0.2) is 52.9 Å². The number of Topliss-reactive ketones (excluding diaryl/α,β-unsaturated/α-hetero) is 1. The lowest BCUT2D eigenvalue weighted by molar-refractivity contribution is 0.101. The lowest BCUT2D eigenvalue weighted by Gasteiger charge is -2.00. The summed E-state index contributed by atoms with van der Waals surface area (Å²) in [7, 11) is 0. The average molecular weight is 383 g/mol. The first-order valence-electron chi connectivity index (χ1n) is 8.04. The van der Waals surface area contributed by atoms with Crippen LogP contribution in [0.1, 0.15) is 36.7 Å². The second kappa shape index (κ2) is 7.85. The fourth-order valence-electron chi connectivity index (χ4n) is 2.32. The quantitative estimate of drug-likeness (QED) is 0.500. The molecular formula is C20H18N2O2S2. The van der Waals surface area contributed by atoms with Gasteiger partial charge in [-0.1, -0.05) is 71.4 Å². The molecule has 0 aliphatic heterocycles. The first-order chi connectivity index (χ1) is 12.4. The molecule has 1 heterocycles. The van der Waals surface area contributed by atoms with Gasteiger partial charge in [-0.25, -0.2) is 4.98 Å². The molecule has 3 aromatic rings. The van der Waals surface area contributed by atoms with E-state index in [-0.39, 0.29) is 23.1 Å². The van der Waals surface area contributed by atoms with E-state index in [4.69, 9.17) is 5.73 Å². The lowest BCUT2D eigenvalue weighted by Crippen LogP contribution is -2.02. The Bertz CT molecular complexity index is 945. The lowest BCUT2D eigenvalue weighted by atomic mass is 10.1. The van der Waals surface area contributed by atoms with Gasteiger partial charge in [0.15, 0.2) is 10.1 Å². The van der Waals surface area contributed by atoms with Crippen LogP contribution in [0.4, 0.5) is 5.82 Å². The highest BCUT2D eigenvalue weighted by Gasteiger charge is 2.19. The summed E-state index contributed by atoms with van der Waals surface area (Å²) in [5.74, 6) is 0.353. The van der Waals surface area contributed by atoms with Gasteiger partial charge in [-0.3, -0.25) is 9.59 Å². The van der Waals surface area contributed by atoms with Crippen molar-refractivity contribution in [3.05, 3.63) is 75.7 Å². The molecule has 0 saturated heterocycles. The normalized spacial score (nSPS) is 10.7. The third-order valence-electron chi connectivity index (χ3n) is 3.85. The second-order valence-electron chi connectivity index (χ2n) is 5.97. The van der Waals surface area contributed by atoms with Crippen LogP contribution in [0.25, 0.3) is 0 Å². The van der Waals surface area contributed by atoms with Crippen molar-refractivity contribution >= 4 is 40.5 Å². The predicted molar refractivity (Wildman–Crippen MR) is 107 cm³/mol. The standard InChI is InChI=1S/C20H18N2O2S2/c1-12-3-7-14(8-4-12)16(23)11-25-20-22-19(21)18(26-20)17(24)15-9-5-13(2)6-10-15/h3-10H,11,21H2,1-2H3. The Kier molecular flexibility index (Phi) is 5.54. The monoisotopic (exact) mass is 382 g/mol. The fraction of sp³-hybridized carbons (Fsp3) is 0.150. The van der Waals surface area contributed by atoms with Crippen LogP contribution in [-0.4, -0.2) is 22.3 Å². The number of hydrogen-bond donors (Lipinski definition) is 1. The van der Waals surface area contributed by atoms with Crippen LogP contribution in [0.2, 0.25) is 0 Å². The minimum atomic E-state index is -0.142. The number of anilines is 1. The average Bonchev–Trinajstić information content (AvgIpc) is 3.01. The first-order valence-corrected chi connectivity index (χ1v) is 9.84. The molecule has 0 spiro atoms. The van der Waals surface area contributed by atoms with Gasteiger partial charge in [0.05, 0.1) is 5.75 Å². The molecule has 26 heavy (non-hydrogen) atoms. The Morgan fingerprint density at radius 3 is 2.08 bits per heavy atom. The molecule has 3 rings (SSSR count). The maximum Gasteiger partial charge on any atom is 0.206 e. The number of ketones is 2. The SMILES string of the molecule is Cc1ccc(C(=O)CSc2nc(N)c(C(=O)c3ccc(C)cc3)s2)cc1. The smallest absolute Gasteiger partial charge is 0.206 e. The van der Waals surface area contributed by atoms with Gasteiger partial charge in [-0.05, 0) is 13.8 Å². The third kappa shape index (κ3) is 4.20. The van der Waals surface area contributed by atoms with E-state index in [0.29, 0.717) is 20.3 Å². The van der Waals surface area contributed by atoms with E-state index < -0.39 is 0 Å². The first kappa shape index (κ1) is 18.4. The molecular weight excluding hydrogens is 364 g/mol. The molecule has 2 N–H and O–H groups in total. The summed E-state index contributed by atoms with van der Waals surface area (Å²) in [5, 5.41) is 0. The minimum Gasteiger partial charge on any atom is -0.382 e. The molecule has 1 aromatic heterocycles. The van der Waals surface area contributed by atoms with Crippen LogP contribution in [-0.2, 0) is 0 Å². The van der Waals surface area contributed by atoms with Gasteiger partial charge in [-0.15, -0.1) is 11.3 Å². The van der Waals surface area contributed by atoms with Crippen LogP contribution in [0, 0.1) is 13.8 Å². The Balaban J connectivity index is 1.70. The molecule has 2 aromatic carbocycles. The fourth-order valence-corrected chi connectivity index (χ4v) is 4.25. The Morgan fingerprint density at radius 1 is 0.962 bits per heavy atom. The minimum absolute atomic E-state index is 0.0233. The number of hydrogen-bond acceptors (Lipinski definition) is 6. The number of carbonyl (C=O) groups excluding carboxylic acids is 2. The summed E-state index contributed by atoms with van der Waals surface area (Å²) in [5.41, 5.74) is 9.38. The van der Waals surface area contributed by atoms with Gasteiger partial charge in [0, 0.05) is 11.1 Å². The molecule has 0 atom stereocenters. The van der Waals surface area contributed by atoms with Crippen molar-refractivity contribution < 1.29 is 9.59 Å². The Labute approximate surface area is 160 Å². The molecule has 0 unspecified atom stereocenters. The third-order valence-corrected chi connectivity index (χ3v) is 6.07. The number of nitrogen functional groups attached to an aromatic ring is 1. The number of rotatable bonds is 6. The van der Waals surface area contributed by atoms with E-state index in [1.165, 1.54) is 23.1 Å². The summed E-state index contributed by atoms with van der Waals surface area (Å²) in [6.07, 6.45) is 0. The zero-order valence-corrected chi connectivity index (χ0v) is 16.1. The zero-order valence-electron chi connectivity index (χ0n) is 14.5. The highest BCUT2D eigenvalue weighted by atomic mass is 32.2. The van der Waals surface area contributed by atoms with Gasteiger partial charge in [0.1, 0.15) is 10.7 Å². The molecule has 0 bridgehead atoms. The van der Waals surface area contributed by atoms with Crippen molar-refractivity contribution in [2.24, 2.45) is 0 Å². The highest BCUT2D eigenvalue weighted by molar-refractivity contribution is 8.01. The molecule has 4 nitrogen and oxygen atoms in total. The van der Waals surface area contributed by atoms with Gasteiger partial charge in [-0.2, -0.15) is 0 Å². The van der Waals surface area contributed by atoms with E-state index in [2.05, 4.69) is 4.98 Å². The topological polar surface area (TPSA) is 73.1 Å². The van der Waals surface area contributed by atoms with E-state index >= 15 is 0 Å². The van der Waals surface area contributed by atoms with Gasteiger partial charge in [0.25, 0.3) is 0 Å². The van der Waals surface area contributed by atoms with Crippen molar-refractivity contribution in [2.75, 3.05) is 11.5 Å². The second-order valence-corrected chi connectivity index (χ2v) is 8.19. The molecule has 6 heteroatoms. The van der Waals surface area contributed by atoms with E-state index in [1.807, 2.05) is 50.2 Å². The van der Waals surface area contributed by atoms with Gasteiger partial charge in [0.2, 0.25) is 5.78 Å². The Hall–Kier alpha value is -2.44. The van der Waals surface area contributed by atoms with E-state index in [0.717, 1.165) is 11.1 Å². The maximum atomic E-state index is 12.6. The van der Waals surface area contributed by atoms with Crippen LogP contribution >= 0.6 is 23.1 Å². The summed E-state index contributed by atoms with van der Waals surface area (Å²) < 4.78 is 0.624. The van der Waals surface area contributed by atoms with E-state index in [1.54, 1.807) is 12.1 Å². The molecule has 0 saturated carbocycles. The molecule has 0 aliphatic rings. The molecule has 0 aliphatic carbocycles. The number of thioether (sulfide) groups is 1. The zero-order chi connectivity index (χ0) is 18.7. The van der Waals surface area contributed by atoms with Crippen LogP contribution in [0.3, 0.4) is 0 Å². The summed E-state index contributed by atoms with van der Waals surface area (Å²) >= 11 is 2.53. The molecule has 0 fully saturated rings. The summed E-state index contributed by atoms with van der Waals surface area (Å²) in [6.45, 7) is 3.95. The van der Waals surface area contributed by atoms with Crippen molar-refractivity contribution in [1.29, 1.82) is 0 Å². The van der Waals surface area contributed by atoms with Crippen molar-refractivity contribution in [3.8, 4) is 0 Å². The maximum absolute atomic E-state index is 12.6. The number of nitrogens with two attached hydrogens (primary N) is 1. The summed E-state index contributed by atoms with van der Waals surface area (Å²) in [6, 6.07) is 14.8. The number of aryl methyl sites for hydroxylation is 2. The van der Waals surface area contributed by atoms with Gasteiger partial charge < -0.3 is 5.73 Å². The van der Waals surface area contributed by atoms with Crippen molar-refractivity contribution in [1.82, 2.24) is 4.98 Å². The van der Waals surface area contributed by atoms with Gasteiger partial charge >= 0.3 is 0 Å². The number of thiazole rings is 1. The molecule has 0 radical (unpaired) electrons. The van der Waals surface area contributed by atoms with Crippen molar-refractivity contribution in [3.63, 3.8) is 0 Å². The largest absolute Gasteiger partial charge is 0.382 e. The molecule has 0 amide bonds. The van der Waals surface area contributed by atoms with Crippen molar-refractivity contribution in [2.45, 2.75) is 18.2 Å². The predicted octanol–water partition coefficient (Wildman–Crippen LogP) is 4.55. The summed E-state index contributed by atoms with van der Waals surface area (Å²) in [4.78, 5) is 29.5. The van der Waals surface area contributed by atoms with E-state index in [9.17, 15) is 9.59 Å². The van der Waals surface area contributed by atoms with Crippen LogP contribution < -0.4 is 5.73 Å². The molecule has 132 valence electrons. The van der Waals surface area contributed by atoms with Crippen LogP contribution in [0.5, 0.6) is 0 Å². The number of aromatic nitrogens is 1. The number of carbonyl (C=O) groups is 2.